The molecule has 0 heterocycles. The molecule has 3 saturated carbocycles. The number of hydrogen-bond donors (Lipinski definition) is 1. The van der Waals surface area contributed by atoms with Gasteiger partial charge in [0.25, 0.3) is 0 Å². The Labute approximate surface area is 366 Å². The summed E-state index contributed by atoms with van der Waals surface area (Å²) in [5.74, 6) is 5.19. The molecule has 0 aromatic rings. The van der Waals surface area contributed by atoms with Gasteiger partial charge in [0.05, 0.1) is 0 Å². The van der Waals surface area contributed by atoms with Gasteiger partial charge in [-0.2, -0.15) is 0 Å². The van der Waals surface area contributed by atoms with Crippen molar-refractivity contribution in [3.63, 3.8) is 0 Å². The highest BCUT2D eigenvalue weighted by Crippen LogP contribution is 2.67. The third kappa shape index (κ3) is 16.4. The number of allylic oxidation sites excluding steroid dienone is 5. The molecule has 4 aliphatic rings. The fourth-order valence-electron chi connectivity index (χ4n) is 12.9. The van der Waals surface area contributed by atoms with Crippen molar-refractivity contribution in [1.82, 2.24) is 4.90 Å². The Bertz CT molecular complexity index is 1240. The number of ether oxygens (including phenoxy) is 1. The van der Waals surface area contributed by atoms with Crippen LogP contribution >= 0.6 is 0 Å². The lowest BCUT2D eigenvalue weighted by atomic mass is 9.47. The predicted octanol–water partition coefficient (Wildman–Crippen LogP) is 15.4. The highest BCUT2D eigenvalue weighted by molar-refractivity contribution is 5.69. The van der Waals surface area contributed by atoms with E-state index in [0.717, 1.165) is 107 Å². The van der Waals surface area contributed by atoms with E-state index in [9.17, 15) is 9.90 Å². The molecule has 4 heteroatoms. The molecule has 1 N–H and O–H groups in total. The number of aliphatic hydroxyl groups excluding tert-OH is 1. The van der Waals surface area contributed by atoms with Crippen LogP contribution in [0, 0.1) is 46.3 Å². The van der Waals surface area contributed by atoms with Gasteiger partial charge < -0.3 is 14.7 Å². The Morgan fingerprint density at radius 3 is 2.12 bits per heavy atom. The zero-order chi connectivity index (χ0) is 42.4. The number of rotatable bonds is 31. The van der Waals surface area contributed by atoms with E-state index in [4.69, 9.17) is 4.74 Å². The lowest BCUT2D eigenvalue weighted by Crippen LogP contribution is -2.51. The van der Waals surface area contributed by atoms with E-state index in [1.165, 1.54) is 128 Å². The Morgan fingerprint density at radius 2 is 1.42 bits per heavy atom. The van der Waals surface area contributed by atoms with Gasteiger partial charge in [-0.3, -0.25) is 4.79 Å². The molecule has 4 aliphatic carbocycles. The molecule has 8 atom stereocenters. The van der Waals surface area contributed by atoms with Gasteiger partial charge >= 0.3 is 5.97 Å². The minimum atomic E-state index is 0.0267. The number of aliphatic hydroxyl groups is 1. The minimum Gasteiger partial charge on any atom is -0.462 e. The number of esters is 1. The van der Waals surface area contributed by atoms with Gasteiger partial charge in [0.2, 0.25) is 0 Å². The Kier molecular flexibility index (Phi) is 23.5. The molecule has 0 amide bonds. The number of nitrogens with zero attached hydrogens (tertiary/aromatic N) is 1. The first kappa shape index (κ1) is 50.3. The van der Waals surface area contributed by atoms with Crippen LogP contribution in [-0.2, 0) is 9.53 Å². The van der Waals surface area contributed by atoms with Gasteiger partial charge in [-0.1, -0.05) is 142 Å². The third-order valence-corrected chi connectivity index (χ3v) is 16.5. The topological polar surface area (TPSA) is 49.8 Å². The minimum absolute atomic E-state index is 0.0267. The molecule has 0 aromatic carbocycles. The molecule has 0 aliphatic heterocycles. The maximum Gasteiger partial charge on any atom is 0.306 e. The quantitative estimate of drug-likeness (QED) is 0.0430. The van der Waals surface area contributed by atoms with Gasteiger partial charge in [-0.15, -0.1) is 0 Å². The summed E-state index contributed by atoms with van der Waals surface area (Å²) in [5, 5.41) is 9.35. The normalized spacial score (nSPS) is 28.6. The number of fused-ring (bicyclic) bond motifs is 5. The number of hydrogen-bond acceptors (Lipinski definition) is 4. The zero-order valence-electron chi connectivity index (χ0n) is 40.0. The average Bonchev–Trinajstić information content (AvgIpc) is 3.57. The lowest BCUT2D eigenvalue weighted by Gasteiger charge is -2.58. The Balaban J connectivity index is 1.09. The molecule has 0 spiro atoms. The van der Waals surface area contributed by atoms with E-state index in [0.29, 0.717) is 17.3 Å². The largest absolute Gasteiger partial charge is 0.462 e. The van der Waals surface area contributed by atoms with E-state index in [1.807, 2.05) is 0 Å². The molecule has 8 unspecified atom stereocenters. The first-order valence-corrected chi connectivity index (χ1v) is 26.1. The number of unbranched alkanes of at least 4 members (excludes halogenated alkanes) is 12. The highest BCUT2D eigenvalue weighted by Gasteiger charge is 2.59. The van der Waals surface area contributed by atoms with E-state index in [1.54, 1.807) is 5.57 Å². The summed E-state index contributed by atoms with van der Waals surface area (Å²) in [5.41, 5.74) is 2.47. The van der Waals surface area contributed by atoms with Gasteiger partial charge in [0.15, 0.2) is 0 Å². The fraction of sp³-hybridized carbons (Fsp3) is 0.873. The summed E-state index contributed by atoms with van der Waals surface area (Å²) in [7, 11) is 0. The summed E-state index contributed by atoms with van der Waals surface area (Å²) in [6.07, 6.45) is 47.7. The van der Waals surface area contributed by atoms with Crippen molar-refractivity contribution in [3.05, 3.63) is 36.0 Å². The molecule has 340 valence electrons. The first-order chi connectivity index (χ1) is 28.6. The van der Waals surface area contributed by atoms with Gasteiger partial charge in [-0.05, 0) is 175 Å². The monoisotopic (exact) mass is 820 g/mol. The molecule has 4 nitrogen and oxygen atoms in total. The molecular formula is C55H97NO3. The van der Waals surface area contributed by atoms with Crippen LogP contribution in [0.2, 0.25) is 0 Å². The first-order valence-electron chi connectivity index (χ1n) is 26.1. The van der Waals surface area contributed by atoms with E-state index < -0.39 is 0 Å². The zero-order valence-corrected chi connectivity index (χ0v) is 40.0. The smallest absolute Gasteiger partial charge is 0.306 e. The van der Waals surface area contributed by atoms with E-state index in [-0.39, 0.29) is 18.7 Å². The van der Waals surface area contributed by atoms with Crippen LogP contribution in [-0.4, -0.2) is 48.3 Å². The molecule has 4 rings (SSSR count). The van der Waals surface area contributed by atoms with Crippen molar-refractivity contribution in [2.24, 2.45) is 46.3 Å². The van der Waals surface area contributed by atoms with Crippen LogP contribution in [0.15, 0.2) is 36.0 Å². The van der Waals surface area contributed by atoms with Crippen molar-refractivity contribution in [2.75, 3.05) is 26.2 Å². The van der Waals surface area contributed by atoms with Crippen LogP contribution in [0.25, 0.3) is 0 Å². The molecule has 0 saturated heterocycles. The second kappa shape index (κ2) is 27.6. The van der Waals surface area contributed by atoms with E-state index in [2.05, 4.69) is 76.8 Å². The SMILES string of the molecule is CCCCCCCC/C=C/C/C=C/CCCCCN(CCCCO)CCCCCC(=O)OC1CCC2(C)C(=CCC3C2CCC2(C)C(C(C)CCCC(C)C)CCC32)C1. The summed E-state index contributed by atoms with van der Waals surface area (Å²) in [6.45, 7) is 18.5. The Morgan fingerprint density at radius 1 is 0.763 bits per heavy atom. The van der Waals surface area contributed by atoms with Crippen molar-refractivity contribution in [2.45, 2.75) is 234 Å². The van der Waals surface area contributed by atoms with Gasteiger partial charge in [-0.25, -0.2) is 0 Å². The van der Waals surface area contributed by atoms with Crippen LogP contribution < -0.4 is 0 Å². The second-order valence-corrected chi connectivity index (χ2v) is 21.3. The molecule has 59 heavy (non-hydrogen) atoms. The van der Waals surface area contributed by atoms with Crippen LogP contribution in [0.4, 0.5) is 0 Å². The highest BCUT2D eigenvalue weighted by atomic mass is 16.5. The summed E-state index contributed by atoms with van der Waals surface area (Å²) >= 11 is 0. The summed E-state index contributed by atoms with van der Waals surface area (Å²) in [6, 6.07) is 0. The van der Waals surface area contributed by atoms with Crippen molar-refractivity contribution in [1.29, 1.82) is 0 Å². The molecule has 0 bridgehead atoms. The van der Waals surface area contributed by atoms with Crippen LogP contribution in [0.5, 0.6) is 0 Å². The third-order valence-electron chi connectivity index (χ3n) is 16.5. The summed E-state index contributed by atoms with van der Waals surface area (Å²) in [4.78, 5) is 15.7. The van der Waals surface area contributed by atoms with Crippen molar-refractivity contribution < 1.29 is 14.6 Å². The second-order valence-electron chi connectivity index (χ2n) is 21.3. The molecular weight excluding hydrogens is 723 g/mol. The standard InChI is InChI=1S/C55H97NO3/c1-7-8-9-10-11-12-13-14-15-16-17-18-19-20-21-24-40-56(42-26-27-43-57)41-25-22-23-31-53(58)59-48-36-38-54(5)47(44-48)32-33-49-51-35-34-50(46(4)30-28-29-45(2)3)55(51,6)39-37-52(49)54/h14-15,17-18,32,45-46,48-52,57H,7-13,16,19-31,33-44H2,1-6H3/b15-14+,18-17+. The maximum atomic E-state index is 13.1. The molecule has 0 radical (unpaired) electrons. The Hall–Kier alpha value is -1.39. The van der Waals surface area contributed by atoms with Crippen LogP contribution in [0.1, 0.15) is 228 Å². The predicted molar refractivity (Wildman–Crippen MR) is 254 cm³/mol. The lowest BCUT2D eigenvalue weighted by molar-refractivity contribution is -0.151. The fourth-order valence-corrected chi connectivity index (χ4v) is 12.9. The van der Waals surface area contributed by atoms with Crippen molar-refractivity contribution >= 4 is 5.97 Å². The average molecular weight is 820 g/mol. The van der Waals surface area contributed by atoms with Crippen LogP contribution in [0.3, 0.4) is 0 Å². The summed E-state index contributed by atoms with van der Waals surface area (Å²) < 4.78 is 6.21. The van der Waals surface area contributed by atoms with Gasteiger partial charge in [0.1, 0.15) is 6.10 Å². The molecule has 3 fully saturated rings. The number of carbonyl (C=O) groups is 1. The molecule has 0 aromatic heterocycles. The van der Waals surface area contributed by atoms with E-state index >= 15 is 0 Å². The van der Waals surface area contributed by atoms with Crippen molar-refractivity contribution in [3.8, 4) is 0 Å². The number of carbonyl (C=O) groups excluding carboxylic acids is 1. The van der Waals surface area contributed by atoms with Gasteiger partial charge in [0, 0.05) is 19.4 Å². The maximum absolute atomic E-state index is 13.1.